The van der Waals surface area contributed by atoms with E-state index in [0.717, 1.165) is 4.90 Å². The van der Waals surface area contributed by atoms with Gasteiger partial charge in [-0.2, -0.15) is 13.2 Å². The molecule has 2 aromatic rings. The lowest BCUT2D eigenvalue weighted by atomic mass is 9.96. The first-order chi connectivity index (χ1) is 12.6. The van der Waals surface area contributed by atoms with Gasteiger partial charge in [-0.15, -0.1) is 5.10 Å². The molecule has 0 saturated carbocycles. The molecule has 1 fully saturated rings. The van der Waals surface area contributed by atoms with Crippen molar-refractivity contribution in [3.8, 4) is 0 Å². The second kappa shape index (κ2) is 6.97. The molecule has 1 amide bonds. The first-order valence-corrected chi connectivity index (χ1v) is 7.88. The minimum atomic E-state index is -4.73. The molecule has 2 heterocycles. The molecule has 0 aliphatic carbocycles. The van der Waals surface area contributed by atoms with Crippen molar-refractivity contribution < 1.29 is 32.3 Å². The van der Waals surface area contributed by atoms with Crippen LogP contribution in [0.5, 0.6) is 0 Å². The molecule has 0 spiro atoms. The Bertz CT molecular complexity index is 867. The zero-order chi connectivity index (χ0) is 19.8. The van der Waals surface area contributed by atoms with Gasteiger partial charge in [-0.05, 0) is 17.7 Å². The van der Waals surface area contributed by atoms with E-state index >= 15 is 0 Å². The molecule has 11 heteroatoms. The van der Waals surface area contributed by atoms with E-state index in [-0.39, 0.29) is 12.2 Å². The Morgan fingerprint density at radius 1 is 1.26 bits per heavy atom. The highest BCUT2D eigenvalue weighted by Gasteiger charge is 2.53. The van der Waals surface area contributed by atoms with Gasteiger partial charge < -0.3 is 10.0 Å². The van der Waals surface area contributed by atoms with Gasteiger partial charge in [-0.25, -0.2) is 9.07 Å². The topological polar surface area (TPSA) is 88.3 Å². The van der Waals surface area contributed by atoms with Crippen molar-refractivity contribution in [3.63, 3.8) is 0 Å². The maximum atomic E-state index is 13.2. The Labute approximate surface area is 150 Å². The number of alkyl halides is 3. The van der Waals surface area contributed by atoms with Gasteiger partial charge in [0.25, 0.3) is 5.91 Å². The Balaban J connectivity index is 1.73. The molecule has 1 aliphatic heterocycles. The molecule has 1 saturated heterocycles. The molecular weight excluding hydrogens is 372 g/mol. The average molecular weight is 386 g/mol. The summed E-state index contributed by atoms with van der Waals surface area (Å²) < 4.78 is 53.5. The molecule has 2 atom stereocenters. The molecule has 144 valence electrons. The molecule has 7 nitrogen and oxygen atoms in total. The fraction of sp³-hybridized carbons (Fsp3) is 0.375. The lowest BCUT2D eigenvalue weighted by molar-refractivity contribution is -0.187. The second-order valence-electron chi connectivity index (χ2n) is 6.23. The lowest BCUT2D eigenvalue weighted by Gasteiger charge is -2.17. The minimum Gasteiger partial charge on any atom is -0.481 e. The highest BCUT2D eigenvalue weighted by Crippen LogP contribution is 2.38. The number of rotatable bonds is 4. The van der Waals surface area contributed by atoms with Crippen LogP contribution in [-0.4, -0.2) is 56.1 Å². The van der Waals surface area contributed by atoms with E-state index < -0.39 is 48.8 Å². The van der Waals surface area contributed by atoms with Gasteiger partial charge in [-0.3, -0.25) is 9.59 Å². The monoisotopic (exact) mass is 386 g/mol. The van der Waals surface area contributed by atoms with Gasteiger partial charge >= 0.3 is 12.1 Å². The van der Waals surface area contributed by atoms with Gasteiger partial charge in [0.15, 0.2) is 5.69 Å². The number of hydrogen-bond acceptors (Lipinski definition) is 4. The van der Waals surface area contributed by atoms with Crippen molar-refractivity contribution in [2.75, 3.05) is 13.1 Å². The molecule has 0 bridgehead atoms. The molecule has 27 heavy (non-hydrogen) atoms. The fourth-order valence-electron chi connectivity index (χ4n) is 3.01. The van der Waals surface area contributed by atoms with E-state index in [9.17, 15) is 27.2 Å². The zero-order valence-corrected chi connectivity index (χ0v) is 13.7. The first kappa shape index (κ1) is 18.8. The number of amides is 1. The maximum absolute atomic E-state index is 13.2. The fourth-order valence-corrected chi connectivity index (χ4v) is 3.01. The van der Waals surface area contributed by atoms with Gasteiger partial charge in [0.1, 0.15) is 5.82 Å². The molecule has 1 aromatic heterocycles. The predicted octanol–water partition coefficient (Wildman–Crippen LogP) is 1.80. The van der Waals surface area contributed by atoms with Crippen LogP contribution in [0.2, 0.25) is 0 Å². The van der Waals surface area contributed by atoms with Gasteiger partial charge in [-0.1, -0.05) is 17.3 Å². The van der Waals surface area contributed by atoms with E-state index in [1.54, 1.807) is 6.07 Å². The Morgan fingerprint density at radius 2 is 2.00 bits per heavy atom. The summed E-state index contributed by atoms with van der Waals surface area (Å²) in [5.41, 5.74) is 0.349. The molecule has 1 aliphatic rings. The molecule has 0 radical (unpaired) electrons. The third-order valence-corrected chi connectivity index (χ3v) is 4.34. The average Bonchev–Trinajstić information content (AvgIpc) is 3.20. The zero-order valence-electron chi connectivity index (χ0n) is 13.7. The van der Waals surface area contributed by atoms with Gasteiger partial charge in [0, 0.05) is 13.1 Å². The largest absolute Gasteiger partial charge is 0.481 e. The van der Waals surface area contributed by atoms with Crippen molar-refractivity contribution >= 4 is 11.9 Å². The van der Waals surface area contributed by atoms with E-state index in [4.69, 9.17) is 5.11 Å². The number of halogens is 4. The van der Waals surface area contributed by atoms with Crippen LogP contribution in [0.25, 0.3) is 0 Å². The molecule has 0 unspecified atom stereocenters. The third kappa shape index (κ3) is 4.07. The summed E-state index contributed by atoms with van der Waals surface area (Å²) >= 11 is 0. The maximum Gasteiger partial charge on any atom is 0.394 e. The summed E-state index contributed by atoms with van der Waals surface area (Å²) in [4.78, 5) is 24.3. The highest BCUT2D eigenvalue weighted by molar-refractivity contribution is 5.92. The normalized spacial score (nSPS) is 20.1. The van der Waals surface area contributed by atoms with Crippen LogP contribution in [0.1, 0.15) is 16.1 Å². The third-order valence-electron chi connectivity index (χ3n) is 4.34. The quantitative estimate of drug-likeness (QED) is 0.810. The van der Waals surface area contributed by atoms with Crippen molar-refractivity contribution in [1.82, 2.24) is 19.9 Å². The minimum absolute atomic E-state index is 0.112. The van der Waals surface area contributed by atoms with Crippen LogP contribution in [0, 0.1) is 17.7 Å². The Hall–Kier alpha value is -2.98. The van der Waals surface area contributed by atoms with Crippen molar-refractivity contribution in [2.24, 2.45) is 11.8 Å². The number of benzene rings is 1. The summed E-state index contributed by atoms with van der Waals surface area (Å²) in [5.74, 6) is -6.75. The number of aliphatic carboxylic acids is 1. The van der Waals surface area contributed by atoms with E-state index in [1.165, 1.54) is 29.1 Å². The molecule has 1 aromatic carbocycles. The number of carboxylic acids is 1. The van der Waals surface area contributed by atoms with Crippen LogP contribution in [0.4, 0.5) is 17.6 Å². The predicted molar refractivity (Wildman–Crippen MR) is 82.1 cm³/mol. The van der Waals surface area contributed by atoms with Crippen LogP contribution in [-0.2, 0) is 11.3 Å². The van der Waals surface area contributed by atoms with Crippen LogP contribution < -0.4 is 0 Å². The van der Waals surface area contributed by atoms with Crippen molar-refractivity contribution in [2.45, 2.75) is 12.7 Å². The van der Waals surface area contributed by atoms with Crippen molar-refractivity contribution in [1.29, 1.82) is 0 Å². The van der Waals surface area contributed by atoms with Crippen LogP contribution in [0.15, 0.2) is 30.5 Å². The van der Waals surface area contributed by atoms with E-state index in [0.29, 0.717) is 5.56 Å². The second-order valence-corrected chi connectivity index (χ2v) is 6.23. The Kier molecular flexibility index (Phi) is 4.85. The molecule has 1 N–H and O–H groups in total. The Morgan fingerprint density at radius 3 is 2.59 bits per heavy atom. The standard InChI is InChI=1S/C16H14F4N4O3/c17-10-3-1-2-9(4-10)5-24-8-13(21-22-24)14(25)23-6-11(15(26)27)12(7-23)16(18,19)20/h1-4,8,11-12H,5-7H2,(H,26,27)/t11-,12-/m1/s1. The summed E-state index contributed by atoms with van der Waals surface area (Å²) in [6, 6.07) is 5.68. The number of carboxylic acid groups (broad SMARTS) is 1. The smallest absolute Gasteiger partial charge is 0.394 e. The summed E-state index contributed by atoms with van der Waals surface area (Å²) in [6.45, 7) is -1.20. The SMILES string of the molecule is O=C(O)[C@@H]1CN(C(=O)c2cn(Cc3cccc(F)c3)nn2)C[C@H]1C(F)(F)F. The summed E-state index contributed by atoms with van der Waals surface area (Å²) in [6.07, 6.45) is -3.50. The summed E-state index contributed by atoms with van der Waals surface area (Å²) in [5, 5.41) is 16.4. The lowest BCUT2D eigenvalue weighted by Crippen LogP contribution is -2.34. The van der Waals surface area contributed by atoms with Gasteiger partial charge in [0.05, 0.1) is 24.6 Å². The number of aromatic nitrogens is 3. The van der Waals surface area contributed by atoms with Crippen LogP contribution in [0.3, 0.4) is 0 Å². The van der Waals surface area contributed by atoms with Crippen LogP contribution >= 0.6 is 0 Å². The summed E-state index contributed by atoms with van der Waals surface area (Å²) in [7, 11) is 0. The molecule has 3 rings (SSSR count). The number of carbonyl (C=O) groups excluding carboxylic acids is 1. The van der Waals surface area contributed by atoms with Gasteiger partial charge in [0.2, 0.25) is 0 Å². The van der Waals surface area contributed by atoms with Crippen molar-refractivity contribution in [3.05, 3.63) is 47.5 Å². The van der Waals surface area contributed by atoms with E-state index in [1.807, 2.05) is 0 Å². The number of likely N-dealkylation sites (tertiary alicyclic amines) is 1. The number of nitrogens with zero attached hydrogens (tertiary/aromatic N) is 4. The van der Waals surface area contributed by atoms with E-state index in [2.05, 4.69) is 10.3 Å². The molecular formula is C16H14F4N4O3. The number of hydrogen-bond donors (Lipinski definition) is 1. The number of carbonyl (C=O) groups is 2. The highest BCUT2D eigenvalue weighted by atomic mass is 19.4. The first-order valence-electron chi connectivity index (χ1n) is 7.88.